The van der Waals surface area contributed by atoms with Gasteiger partial charge in [-0.1, -0.05) is 41.0 Å². The fourth-order valence-corrected chi connectivity index (χ4v) is 3.54. The Hall–Kier alpha value is -3.65. The molecule has 0 fully saturated rings. The molecule has 0 spiro atoms. The molecule has 0 aliphatic carbocycles. The van der Waals surface area contributed by atoms with E-state index in [0.717, 1.165) is 12.1 Å². The smallest absolute Gasteiger partial charge is 0.357 e. The predicted octanol–water partition coefficient (Wildman–Crippen LogP) is 5.38. The van der Waals surface area contributed by atoms with E-state index in [1.54, 1.807) is 65.6 Å². The Morgan fingerprint density at radius 1 is 1.06 bits per heavy atom. The van der Waals surface area contributed by atoms with Crippen molar-refractivity contribution in [3.63, 3.8) is 0 Å². The Labute approximate surface area is 191 Å². The SMILES string of the molecule is O=c1c(-c2cccc(C(F)(F)F)c2)cn(CC/C=N\Oc2cccc(Cl)c2)c2cccc[n+]12. The molecule has 2 aromatic carbocycles. The summed E-state index contributed by atoms with van der Waals surface area (Å²) in [5.74, 6) is 0.495. The molecule has 0 unspecified atom stereocenters. The van der Waals surface area contributed by atoms with E-state index in [4.69, 9.17) is 16.4 Å². The average Bonchev–Trinajstić information content (AvgIpc) is 2.80. The summed E-state index contributed by atoms with van der Waals surface area (Å²) in [5.41, 5.74) is -0.257. The van der Waals surface area contributed by atoms with Gasteiger partial charge in [0, 0.05) is 29.8 Å². The second kappa shape index (κ2) is 9.46. The van der Waals surface area contributed by atoms with Crippen LogP contribution in [-0.2, 0) is 12.7 Å². The molecule has 4 aromatic rings. The number of oxime groups is 1. The van der Waals surface area contributed by atoms with Crippen molar-refractivity contribution in [1.82, 2.24) is 4.57 Å². The third kappa shape index (κ3) is 5.23. The van der Waals surface area contributed by atoms with Crippen molar-refractivity contribution in [2.45, 2.75) is 19.1 Å². The van der Waals surface area contributed by atoms with Gasteiger partial charge in [-0.3, -0.25) is 0 Å². The number of alkyl halides is 3. The number of halogens is 4. The molecule has 0 saturated carbocycles. The maximum absolute atomic E-state index is 13.2. The largest absolute Gasteiger partial charge is 0.416 e. The molecule has 0 radical (unpaired) electrons. The highest BCUT2D eigenvalue weighted by Crippen LogP contribution is 2.31. The lowest BCUT2D eigenvalue weighted by Crippen LogP contribution is -2.43. The number of aryl methyl sites for hydroxylation is 1. The number of hydrogen-bond donors (Lipinski definition) is 0. The summed E-state index contributed by atoms with van der Waals surface area (Å²) < 4.78 is 42.7. The van der Waals surface area contributed by atoms with Gasteiger partial charge >= 0.3 is 11.7 Å². The van der Waals surface area contributed by atoms with Gasteiger partial charge in [-0.05, 0) is 35.9 Å². The molecule has 0 aliphatic heterocycles. The van der Waals surface area contributed by atoms with Gasteiger partial charge in [-0.25, -0.2) is 9.36 Å². The first-order valence-corrected chi connectivity index (χ1v) is 10.4. The average molecular weight is 473 g/mol. The van der Waals surface area contributed by atoms with Crippen LogP contribution in [0, 0.1) is 0 Å². The summed E-state index contributed by atoms with van der Waals surface area (Å²) in [4.78, 5) is 18.3. The number of benzene rings is 2. The van der Waals surface area contributed by atoms with E-state index in [2.05, 4.69) is 5.16 Å². The molecule has 0 atom stereocenters. The minimum atomic E-state index is -4.50. The minimum Gasteiger partial charge on any atom is -0.357 e. The lowest BCUT2D eigenvalue weighted by molar-refractivity contribution is -0.531. The van der Waals surface area contributed by atoms with Crippen LogP contribution < -0.4 is 14.8 Å². The fourth-order valence-electron chi connectivity index (χ4n) is 3.36. The van der Waals surface area contributed by atoms with Crippen LogP contribution in [0.15, 0.2) is 89.1 Å². The van der Waals surface area contributed by atoms with E-state index < -0.39 is 17.3 Å². The van der Waals surface area contributed by atoms with E-state index in [0.29, 0.717) is 29.4 Å². The first-order chi connectivity index (χ1) is 15.8. The zero-order chi connectivity index (χ0) is 23.4. The van der Waals surface area contributed by atoms with Gasteiger partial charge in [-0.2, -0.15) is 17.6 Å². The Morgan fingerprint density at radius 3 is 2.67 bits per heavy atom. The fraction of sp³-hybridized carbons (Fsp3) is 0.125. The molecule has 5 nitrogen and oxygen atoms in total. The van der Waals surface area contributed by atoms with Crippen molar-refractivity contribution in [3.05, 3.63) is 100 Å². The third-order valence-corrected chi connectivity index (χ3v) is 5.13. The van der Waals surface area contributed by atoms with Gasteiger partial charge in [0.2, 0.25) is 0 Å². The Morgan fingerprint density at radius 2 is 1.88 bits per heavy atom. The number of hydrogen-bond acceptors (Lipinski definition) is 3. The monoisotopic (exact) mass is 472 g/mol. The van der Waals surface area contributed by atoms with Crippen LogP contribution in [0.5, 0.6) is 5.75 Å². The Balaban J connectivity index is 1.63. The molecule has 4 rings (SSSR count). The minimum absolute atomic E-state index is 0.164. The van der Waals surface area contributed by atoms with Crippen LogP contribution in [0.4, 0.5) is 13.2 Å². The van der Waals surface area contributed by atoms with E-state index in [1.165, 1.54) is 16.5 Å². The molecular formula is C24H18ClF3N3O2+. The van der Waals surface area contributed by atoms with Crippen molar-refractivity contribution in [2.24, 2.45) is 5.16 Å². The molecule has 0 bridgehead atoms. The standard InChI is InChI=1S/C24H18ClF3N3O2/c25-19-8-4-9-20(15-19)33-29-11-5-12-30-16-21(23(32)31-13-2-1-10-22(30)31)17-6-3-7-18(14-17)24(26,27)28/h1-4,6-11,13-16H,5,12H2/q+1/b29-11-. The summed E-state index contributed by atoms with van der Waals surface area (Å²) in [6.45, 7) is 0.419. The Bertz CT molecular complexity index is 1380. The number of pyridine rings is 1. The molecule has 0 amide bonds. The summed E-state index contributed by atoms with van der Waals surface area (Å²) in [6, 6.07) is 16.8. The van der Waals surface area contributed by atoms with E-state index in [9.17, 15) is 18.0 Å². The lowest BCUT2D eigenvalue weighted by Gasteiger charge is -2.09. The molecule has 0 saturated heterocycles. The highest BCUT2D eigenvalue weighted by molar-refractivity contribution is 6.30. The molecule has 33 heavy (non-hydrogen) atoms. The van der Waals surface area contributed by atoms with Crippen LogP contribution in [0.3, 0.4) is 0 Å². The highest BCUT2D eigenvalue weighted by atomic mass is 35.5. The van der Waals surface area contributed by atoms with E-state index in [-0.39, 0.29) is 11.1 Å². The van der Waals surface area contributed by atoms with Gasteiger partial charge < -0.3 is 4.84 Å². The van der Waals surface area contributed by atoms with Crippen LogP contribution in [0.2, 0.25) is 5.02 Å². The number of rotatable bonds is 6. The van der Waals surface area contributed by atoms with Crippen LogP contribution >= 0.6 is 11.6 Å². The summed E-state index contributed by atoms with van der Waals surface area (Å²) in [7, 11) is 0. The van der Waals surface area contributed by atoms with Crippen molar-refractivity contribution >= 4 is 23.5 Å². The first kappa shape index (κ1) is 22.5. The number of nitrogens with zero attached hydrogens (tertiary/aromatic N) is 3. The molecule has 2 aromatic heterocycles. The van der Waals surface area contributed by atoms with Gasteiger partial charge in [0.25, 0.3) is 5.65 Å². The maximum atomic E-state index is 13.2. The lowest BCUT2D eigenvalue weighted by atomic mass is 10.1. The van der Waals surface area contributed by atoms with Gasteiger partial charge in [0.05, 0.1) is 18.3 Å². The first-order valence-electron chi connectivity index (χ1n) is 9.99. The van der Waals surface area contributed by atoms with Crippen LogP contribution in [-0.4, -0.2) is 10.8 Å². The number of aromatic nitrogens is 2. The zero-order valence-electron chi connectivity index (χ0n) is 17.2. The van der Waals surface area contributed by atoms with Gasteiger partial charge in [0.15, 0.2) is 5.75 Å². The molecule has 0 aliphatic rings. The van der Waals surface area contributed by atoms with Crippen molar-refractivity contribution in [2.75, 3.05) is 0 Å². The molecule has 2 heterocycles. The van der Waals surface area contributed by atoms with E-state index >= 15 is 0 Å². The molecular weight excluding hydrogens is 455 g/mol. The summed E-state index contributed by atoms with van der Waals surface area (Å²) in [6.07, 6.45) is 0.678. The second-order valence-corrected chi connectivity index (χ2v) is 7.61. The number of fused-ring (bicyclic) bond motifs is 1. The van der Waals surface area contributed by atoms with Gasteiger partial charge in [0.1, 0.15) is 11.8 Å². The topological polar surface area (TPSA) is 47.7 Å². The maximum Gasteiger partial charge on any atom is 0.416 e. The summed E-state index contributed by atoms with van der Waals surface area (Å²) in [5, 5.41) is 4.45. The zero-order valence-corrected chi connectivity index (χ0v) is 17.9. The molecule has 168 valence electrons. The molecule has 0 N–H and O–H groups in total. The van der Waals surface area contributed by atoms with Crippen LogP contribution in [0.25, 0.3) is 16.8 Å². The van der Waals surface area contributed by atoms with Crippen molar-refractivity contribution < 1.29 is 22.4 Å². The molecule has 9 heteroatoms. The second-order valence-electron chi connectivity index (χ2n) is 7.17. The van der Waals surface area contributed by atoms with E-state index in [1.807, 2.05) is 0 Å². The normalized spacial score (nSPS) is 11.9. The predicted molar refractivity (Wildman–Crippen MR) is 119 cm³/mol. The third-order valence-electron chi connectivity index (χ3n) is 4.90. The highest BCUT2D eigenvalue weighted by Gasteiger charge is 2.31. The van der Waals surface area contributed by atoms with Crippen molar-refractivity contribution in [3.8, 4) is 16.9 Å². The quantitative estimate of drug-likeness (QED) is 0.215. The van der Waals surface area contributed by atoms with Crippen LogP contribution in [0.1, 0.15) is 12.0 Å². The van der Waals surface area contributed by atoms with Gasteiger partial charge in [-0.15, -0.1) is 0 Å². The Kier molecular flexibility index (Phi) is 6.46. The van der Waals surface area contributed by atoms with Crippen molar-refractivity contribution in [1.29, 1.82) is 0 Å². The summed E-state index contributed by atoms with van der Waals surface area (Å²) >= 11 is 5.91.